The molecule has 1 aromatic carbocycles. The zero-order valence-electron chi connectivity index (χ0n) is 15.6. The van der Waals surface area contributed by atoms with Crippen molar-refractivity contribution >= 4 is 23.3 Å². The van der Waals surface area contributed by atoms with Crippen molar-refractivity contribution in [3.05, 3.63) is 33.9 Å². The van der Waals surface area contributed by atoms with E-state index in [2.05, 4.69) is 5.32 Å². The fourth-order valence-corrected chi connectivity index (χ4v) is 3.01. The predicted molar refractivity (Wildman–Crippen MR) is 98.8 cm³/mol. The molecule has 0 aliphatic carbocycles. The second-order valence-electron chi connectivity index (χ2n) is 6.42. The maximum absolute atomic E-state index is 12.2. The number of likely N-dealkylation sites (tertiary alicyclic amines) is 1. The van der Waals surface area contributed by atoms with E-state index in [-0.39, 0.29) is 35.5 Å². The minimum Gasteiger partial charge on any atom is -0.452 e. The molecule has 9 nitrogen and oxygen atoms in total. The molecule has 2 rings (SSSR count). The molecule has 0 aromatic heterocycles. The van der Waals surface area contributed by atoms with Gasteiger partial charge in [-0.2, -0.15) is 0 Å². The number of carbonyl (C=O) groups excluding carboxylic acids is 2. The summed E-state index contributed by atoms with van der Waals surface area (Å²) in [5.41, 5.74) is 0.0711. The molecular weight excluding hydrogens is 354 g/mol. The van der Waals surface area contributed by atoms with E-state index in [1.807, 2.05) is 6.92 Å². The molecule has 148 valence electrons. The highest BCUT2D eigenvalue weighted by Gasteiger charge is 2.25. The van der Waals surface area contributed by atoms with Crippen molar-refractivity contribution in [2.75, 3.05) is 38.7 Å². The average Bonchev–Trinajstić information content (AvgIpc) is 2.66. The third kappa shape index (κ3) is 5.65. The number of ether oxygens (including phenoxy) is 2. The molecule has 1 aliphatic heterocycles. The number of rotatable bonds is 8. The maximum Gasteiger partial charge on any atom is 0.338 e. The van der Waals surface area contributed by atoms with E-state index >= 15 is 0 Å². The third-order valence-electron chi connectivity index (χ3n) is 4.50. The maximum atomic E-state index is 12.2. The Morgan fingerprint density at radius 3 is 2.81 bits per heavy atom. The lowest BCUT2D eigenvalue weighted by Crippen LogP contribution is -2.44. The topological polar surface area (TPSA) is 111 Å². The van der Waals surface area contributed by atoms with E-state index in [0.29, 0.717) is 19.7 Å². The monoisotopic (exact) mass is 379 g/mol. The quantitative estimate of drug-likeness (QED) is 0.319. The highest BCUT2D eigenvalue weighted by atomic mass is 16.6. The van der Waals surface area contributed by atoms with Gasteiger partial charge in [0.1, 0.15) is 5.69 Å². The van der Waals surface area contributed by atoms with Gasteiger partial charge in [0.2, 0.25) is 0 Å². The molecule has 1 amide bonds. The van der Waals surface area contributed by atoms with Crippen LogP contribution < -0.4 is 5.32 Å². The molecule has 1 saturated heterocycles. The Bertz CT molecular complexity index is 694. The normalized spacial score (nSPS) is 16.7. The first-order valence-electron chi connectivity index (χ1n) is 8.92. The molecule has 1 atom stereocenters. The molecule has 0 radical (unpaired) electrons. The van der Waals surface area contributed by atoms with E-state index < -0.39 is 10.9 Å². The fraction of sp³-hybridized carbons (Fsp3) is 0.556. The molecule has 0 unspecified atom stereocenters. The number of carbonyl (C=O) groups is 2. The van der Waals surface area contributed by atoms with Crippen LogP contribution in [0.4, 0.5) is 11.4 Å². The van der Waals surface area contributed by atoms with Crippen LogP contribution in [0.3, 0.4) is 0 Å². The zero-order chi connectivity index (χ0) is 19.8. The van der Waals surface area contributed by atoms with Gasteiger partial charge in [0.25, 0.3) is 11.6 Å². The standard InChI is InChI=1S/C18H25N3O6/c1-13-5-3-4-9-20(13)17(22)12-27-18(23)14-6-7-15(19-8-10-26-2)16(11-14)21(24)25/h6-7,11,13,19H,3-5,8-10,12H2,1-2H3/t13-/m0/s1. The number of nitrogens with zero attached hydrogens (tertiary/aromatic N) is 2. The summed E-state index contributed by atoms with van der Waals surface area (Å²) < 4.78 is 9.97. The van der Waals surface area contributed by atoms with Gasteiger partial charge in [0.05, 0.1) is 17.1 Å². The van der Waals surface area contributed by atoms with Gasteiger partial charge in [0.15, 0.2) is 6.61 Å². The van der Waals surface area contributed by atoms with Crippen molar-refractivity contribution in [3.63, 3.8) is 0 Å². The van der Waals surface area contributed by atoms with Gasteiger partial charge < -0.3 is 19.7 Å². The van der Waals surface area contributed by atoms with E-state index in [1.54, 1.807) is 4.90 Å². The van der Waals surface area contributed by atoms with Crippen molar-refractivity contribution in [1.29, 1.82) is 0 Å². The number of hydrogen-bond donors (Lipinski definition) is 1. The summed E-state index contributed by atoms with van der Waals surface area (Å²) in [6, 6.07) is 4.14. The Kier molecular flexibility index (Phi) is 7.54. The Labute approximate surface area is 157 Å². The second-order valence-corrected chi connectivity index (χ2v) is 6.42. The number of anilines is 1. The van der Waals surface area contributed by atoms with Crippen LogP contribution in [0, 0.1) is 10.1 Å². The number of nitro benzene ring substituents is 1. The molecule has 9 heteroatoms. The van der Waals surface area contributed by atoms with Gasteiger partial charge in [-0.15, -0.1) is 0 Å². The number of piperidine rings is 1. The average molecular weight is 379 g/mol. The van der Waals surface area contributed by atoms with Gasteiger partial charge in [0, 0.05) is 32.3 Å². The van der Waals surface area contributed by atoms with Gasteiger partial charge in [-0.1, -0.05) is 0 Å². The highest BCUT2D eigenvalue weighted by molar-refractivity contribution is 5.93. The first-order chi connectivity index (χ1) is 12.9. The lowest BCUT2D eigenvalue weighted by Gasteiger charge is -2.33. The Hall–Kier alpha value is -2.68. The third-order valence-corrected chi connectivity index (χ3v) is 4.50. The van der Waals surface area contributed by atoms with Crippen LogP contribution in [0.5, 0.6) is 0 Å². The first kappa shape index (κ1) is 20.6. The molecule has 1 aromatic rings. The van der Waals surface area contributed by atoms with E-state index in [4.69, 9.17) is 9.47 Å². The smallest absolute Gasteiger partial charge is 0.338 e. The molecule has 1 fully saturated rings. The predicted octanol–water partition coefficient (Wildman–Crippen LogP) is 2.21. The van der Waals surface area contributed by atoms with Gasteiger partial charge in [-0.3, -0.25) is 14.9 Å². The van der Waals surface area contributed by atoms with E-state index in [0.717, 1.165) is 25.3 Å². The van der Waals surface area contributed by atoms with E-state index in [9.17, 15) is 19.7 Å². The summed E-state index contributed by atoms with van der Waals surface area (Å²) >= 11 is 0. The van der Waals surface area contributed by atoms with Gasteiger partial charge >= 0.3 is 5.97 Å². The molecule has 1 heterocycles. The number of esters is 1. The number of hydrogen-bond acceptors (Lipinski definition) is 7. The minimum absolute atomic E-state index is 0.0264. The van der Waals surface area contributed by atoms with Gasteiger partial charge in [-0.25, -0.2) is 4.79 Å². The Morgan fingerprint density at radius 2 is 2.15 bits per heavy atom. The number of benzene rings is 1. The summed E-state index contributed by atoms with van der Waals surface area (Å²) in [5, 5.41) is 14.1. The first-order valence-corrected chi connectivity index (χ1v) is 8.92. The SMILES string of the molecule is COCCNc1ccc(C(=O)OCC(=O)N2CCCC[C@@H]2C)cc1[N+](=O)[O-]. The summed E-state index contributed by atoms with van der Waals surface area (Å²) in [6.07, 6.45) is 2.95. The van der Waals surface area contributed by atoms with Crippen LogP contribution in [0.1, 0.15) is 36.5 Å². The molecular formula is C18H25N3O6. The Balaban J connectivity index is 1.99. The van der Waals surface area contributed by atoms with Gasteiger partial charge in [-0.05, 0) is 38.3 Å². The van der Waals surface area contributed by atoms with Crippen LogP contribution in [0.25, 0.3) is 0 Å². The lowest BCUT2D eigenvalue weighted by molar-refractivity contribution is -0.384. The number of amides is 1. The molecule has 0 bridgehead atoms. The fourth-order valence-electron chi connectivity index (χ4n) is 3.01. The van der Waals surface area contributed by atoms with Crippen molar-refractivity contribution < 1.29 is 24.0 Å². The second kappa shape index (κ2) is 9.86. The number of nitro groups is 1. The number of methoxy groups -OCH3 is 1. The van der Waals surface area contributed by atoms with Crippen LogP contribution in [-0.2, 0) is 14.3 Å². The lowest BCUT2D eigenvalue weighted by atomic mass is 10.0. The van der Waals surface area contributed by atoms with Crippen molar-refractivity contribution in [2.24, 2.45) is 0 Å². The van der Waals surface area contributed by atoms with Crippen molar-refractivity contribution in [1.82, 2.24) is 4.90 Å². The van der Waals surface area contributed by atoms with Crippen LogP contribution in [0.15, 0.2) is 18.2 Å². The zero-order valence-corrected chi connectivity index (χ0v) is 15.6. The van der Waals surface area contributed by atoms with Crippen LogP contribution >= 0.6 is 0 Å². The van der Waals surface area contributed by atoms with Crippen molar-refractivity contribution in [2.45, 2.75) is 32.2 Å². The molecule has 0 saturated carbocycles. The number of nitrogens with one attached hydrogen (secondary N) is 1. The largest absolute Gasteiger partial charge is 0.452 e. The highest BCUT2D eigenvalue weighted by Crippen LogP contribution is 2.26. The molecule has 1 aliphatic rings. The summed E-state index contributed by atoms with van der Waals surface area (Å²) in [4.78, 5) is 36.8. The summed E-state index contributed by atoms with van der Waals surface area (Å²) in [6.45, 7) is 3.04. The minimum atomic E-state index is -0.764. The summed E-state index contributed by atoms with van der Waals surface area (Å²) in [5.74, 6) is -1.01. The van der Waals surface area contributed by atoms with Crippen LogP contribution in [0.2, 0.25) is 0 Å². The summed E-state index contributed by atoms with van der Waals surface area (Å²) in [7, 11) is 1.53. The molecule has 27 heavy (non-hydrogen) atoms. The van der Waals surface area contributed by atoms with Crippen LogP contribution in [-0.4, -0.2) is 61.2 Å². The molecule has 1 N–H and O–H groups in total. The molecule has 0 spiro atoms. The van der Waals surface area contributed by atoms with Crippen molar-refractivity contribution in [3.8, 4) is 0 Å². The van der Waals surface area contributed by atoms with E-state index in [1.165, 1.54) is 19.2 Å². The Morgan fingerprint density at radius 1 is 1.37 bits per heavy atom.